The molecule has 5 heteroatoms. The first-order valence-corrected chi connectivity index (χ1v) is 7.10. The number of fused-ring (bicyclic) bond motifs is 1. The van der Waals surface area contributed by atoms with E-state index in [9.17, 15) is 9.59 Å². The number of anilines is 1. The number of benzene rings is 1. The van der Waals surface area contributed by atoms with E-state index in [0.717, 1.165) is 25.1 Å². The average Bonchev–Trinajstić information content (AvgIpc) is 2.96. The molecule has 1 aromatic carbocycles. The third kappa shape index (κ3) is 2.35. The number of nitrogens with one attached hydrogen (secondary N) is 1. The van der Waals surface area contributed by atoms with Gasteiger partial charge in [0.1, 0.15) is 0 Å². The molecule has 1 aromatic rings. The molecular weight excluding hydrogens is 254 g/mol. The Hall–Kier alpha value is -2.04. The Balaban J connectivity index is 1.76. The van der Waals surface area contributed by atoms with E-state index in [1.807, 2.05) is 18.2 Å². The second-order valence-electron chi connectivity index (χ2n) is 5.54. The van der Waals surface area contributed by atoms with Crippen LogP contribution in [0, 0.1) is 5.92 Å². The number of carbonyl (C=O) groups excluding carboxylic acids is 2. The van der Waals surface area contributed by atoms with Crippen molar-refractivity contribution in [3.05, 3.63) is 29.3 Å². The van der Waals surface area contributed by atoms with Crippen molar-refractivity contribution < 1.29 is 9.59 Å². The highest BCUT2D eigenvalue weighted by Gasteiger charge is 2.30. The number of aryl methyl sites for hydroxylation is 1. The molecule has 5 nitrogen and oxygen atoms in total. The lowest BCUT2D eigenvalue weighted by Gasteiger charge is -2.20. The Bertz CT molecular complexity index is 556. The molecule has 0 bridgehead atoms. The molecule has 3 rings (SSSR count). The maximum Gasteiger partial charge on any atom is 0.253 e. The number of rotatable bonds is 2. The van der Waals surface area contributed by atoms with Crippen LogP contribution in [0.3, 0.4) is 0 Å². The van der Waals surface area contributed by atoms with Gasteiger partial charge in [0.2, 0.25) is 5.91 Å². The normalized spacial score (nSPS) is 21.2. The minimum atomic E-state index is -0.310. The van der Waals surface area contributed by atoms with Crippen molar-refractivity contribution in [3.63, 3.8) is 0 Å². The van der Waals surface area contributed by atoms with Crippen LogP contribution in [0.2, 0.25) is 0 Å². The number of primary amides is 1. The number of amides is 2. The van der Waals surface area contributed by atoms with Crippen LogP contribution in [0.4, 0.5) is 5.69 Å². The van der Waals surface area contributed by atoms with Crippen LogP contribution in [0.5, 0.6) is 0 Å². The fraction of sp³-hybridized carbons (Fsp3) is 0.467. The molecule has 0 radical (unpaired) electrons. The van der Waals surface area contributed by atoms with Crippen molar-refractivity contribution in [2.45, 2.75) is 19.3 Å². The van der Waals surface area contributed by atoms with Crippen molar-refractivity contribution in [1.82, 2.24) is 4.90 Å². The zero-order chi connectivity index (χ0) is 14.1. The van der Waals surface area contributed by atoms with Crippen LogP contribution in [-0.2, 0) is 11.2 Å². The predicted octanol–water partition coefficient (Wildman–Crippen LogP) is 0.992. The van der Waals surface area contributed by atoms with Crippen LogP contribution in [0.1, 0.15) is 28.8 Å². The van der Waals surface area contributed by atoms with Gasteiger partial charge in [-0.3, -0.25) is 9.59 Å². The Morgan fingerprint density at radius 3 is 2.95 bits per heavy atom. The Labute approximate surface area is 118 Å². The average molecular weight is 273 g/mol. The van der Waals surface area contributed by atoms with Crippen molar-refractivity contribution in [3.8, 4) is 0 Å². The second-order valence-corrected chi connectivity index (χ2v) is 5.54. The van der Waals surface area contributed by atoms with E-state index in [1.54, 1.807) is 4.90 Å². The monoisotopic (exact) mass is 273 g/mol. The highest BCUT2D eigenvalue weighted by atomic mass is 16.2. The quantitative estimate of drug-likeness (QED) is 0.844. The van der Waals surface area contributed by atoms with Crippen molar-refractivity contribution >= 4 is 17.5 Å². The molecule has 1 fully saturated rings. The van der Waals surface area contributed by atoms with Gasteiger partial charge in [0.05, 0.1) is 5.92 Å². The second kappa shape index (κ2) is 5.15. The minimum absolute atomic E-state index is 0.00197. The van der Waals surface area contributed by atoms with Crippen LogP contribution < -0.4 is 11.1 Å². The van der Waals surface area contributed by atoms with Crippen LogP contribution in [0.25, 0.3) is 0 Å². The molecule has 1 saturated heterocycles. The van der Waals surface area contributed by atoms with Crippen LogP contribution in [-0.4, -0.2) is 36.3 Å². The van der Waals surface area contributed by atoms with Gasteiger partial charge in [-0.2, -0.15) is 0 Å². The van der Waals surface area contributed by atoms with E-state index in [2.05, 4.69) is 5.32 Å². The summed E-state index contributed by atoms with van der Waals surface area (Å²) in [6.45, 7) is 2.05. The van der Waals surface area contributed by atoms with E-state index in [4.69, 9.17) is 5.73 Å². The van der Waals surface area contributed by atoms with Gasteiger partial charge in [-0.15, -0.1) is 0 Å². The summed E-state index contributed by atoms with van der Waals surface area (Å²) in [7, 11) is 0. The predicted molar refractivity (Wildman–Crippen MR) is 76.5 cm³/mol. The molecule has 0 spiro atoms. The van der Waals surface area contributed by atoms with E-state index in [-0.39, 0.29) is 17.7 Å². The molecule has 1 unspecified atom stereocenters. The number of hydrogen-bond donors (Lipinski definition) is 2. The zero-order valence-electron chi connectivity index (χ0n) is 11.4. The molecule has 0 aromatic heterocycles. The van der Waals surface area contributed by atoms with E-state index >= 15 is 0 Å². The lowest BCUT2D eigenvalue weighted by atomic mass is 10.0. The number of hydrogen-bond acceptors (Lipinski definition) is 3. The summed E-state index contributed by atoms with van der Waals surface area (Å²) in [5.41, 5.74) is 8.34. The summed E-state index contributed by atoms with van der Waals surface area (Å²) in [4.78, 5) is 25.4. The van der Waals surface area contributed by atoms with E-state index in [1.165, 1.54) is 5.56 Å². The topological polar surface area (TPSA) is 75.4 Å². The van der Waals surface area contributed by atoms with Crippen LogP contribution >= 0.6 is 0 Å². The van der Waals surface area contributed by atoms with Crippen molar-refractivity contribution in [1.29, 1.82) is 0 Å². The van der Waals surface area contributed by atoms with Gasteiger partial charge in [0, 0.05) is 30.9 Å². The first-order chi connectivity index (χ1) is 9.65. The standard InChI is InChI=1S/C15H19N3O2/c16-14(19)12-5-7-18(9-12)15(20)11-3-4-13-10(8-11)2-1-6-17-13/h3-4,8,12,17H,1-2,5-7,9H2,(H2,16,19). The molecular formula is C15H19N3O2. The number of nitrogens with two attached hydrogens (primary N) is 1. The minimum Gasteiger partial charge on any atom is -0.385 e. The summed E-state index contributed by atoms with van der Waals surface area (Å²) < 4.78 is 0. The zero-order valence-corrected chi connectivity index (χ0v) is 11.4. The molecule has 2 heterocycles. The Morgan fingerprint density at radius 1 is 1.35 bits per heavy atom. The van der Waals surface area contributed by atoms with E-state index in [0.29, 0.717) is 25.1 Å². The van der Waals surface area contributed by atoms with Crippen molar-refractivity contribution in [2.75, 3.05) is 25.0 Å². The van der Waals surface area contributed by atoms with Gasteiger partial charge in [-0.05, 0) is 43.0 Å². The fourth-order valence-corrected chi connectivity index (χ4v) is 2.97. The Kier molecular flexibility index (Phi) is 3.34. The van der Waals surface area contributed by atoms with Crippen LogP contribution in [0.15, 0.2) is 18.2 Å². The molecule has 2 aliphatic rings. The number of nitrogens with zero attached hydrogens (tertiary/aromatic N) is 1. The molecule has 2 amide bonds. The third-order valence-corrected chi connectivity index (χ3v) is 4.17. The SMILES string of the molecule is NC(=O)C1CCN(C(=O)c2ccc3c(c2)CCCN3)C1. The molecule has 1 atom stereocenters. The third-order valence-electron chi connectivity index (χ3n) is 4.17. The molecule has 2 aliphatic heterocycles. The fourth-order valence-electron chi connectivity index (χ4n) is 2.97. The lowest BCUT2D eigenvalue weighted by Crippen LogP contribution is -2.31. The van der Waals surface area contributed by atoms with Gasteiger partial charge in [0.25, 0.3) is 5.91 Å². The molecule has 0 aliphatic carbocycles. The highest BCUT2D eigenvalue weighted by Crippen LogP contribution is 2.25. The summed E-state index contributed by atoms with van der Waals surface area (Å²) in [5, 5.41) is 3.33. The van der Waals surface area contributed by atoms with Gasteiger partial charge >= 0.3 is 0 Å². The Morgan fingerprint density at radius 2 is 2.20 bits per heavy atom. The smallest absolute Gasteiger partial charge is 0.253 e. The van der Waals surface area contributed by atoms with Gasteiger partial charge in [0.15, 0.2) is 0 Å². The first kappa shape index (κ1) is 13.0. The summed E-state index contributed by atoms with van der Waals surface area (Å²) >= 11 is 0. The summed E-state index contributed by atoms with van der Waals surface area (Å²) in [6.07, 6.45) is 2.78. The summed E-state index contributed by atoms with van der Waals surface area (Å²) in [5.74, 6) is -0.504. The maximum absolute atomic E-state index is 12.5. The van der Waals surface area contributed by atoms with Crippen molar-refractivity contribution in [2.24, 2.45) is 11.7 Å². The molecule has 3 N–H and O–H groups in total. The largest absolute Gasteiger partial charge is 0.385 e. The van der Waals surface area contributed by atoms with E-state index < -0.39 is 0 Å². The van der Waals surface area contributed by atoms with Gasteiger partial charge in [-0.25, -0.2) is 0 Å². The van der Waals surface area contributed by atoms with Gasteiger partial charge < -0.3 is 16.0 Å². The molecule has 20 heavy (non-hydrogen) atoms. The highest BCUT2D eigenvalue weighted by molar-refractivity contribution is 5.95. The number of likely N-dealkylation sites (tertiary alicyclic amines) is 1. The molecule has 106 valence electrons. The maximum atomic E-state index is 12.5. The molecule has 0 saturated carbocycles. The van der Waals surface area contributed by atoms with Gasteiger partial charge in [-0.1, -0.05) is 0 Å². The summed E-state index contributed by atoms with van der Waals surface area (Å²) in [6, 6.07) is 5.81. The lowest BCUT2D eigenvalue weighted by molar-refractivity contribution is -0.121. The first-order valence-electron chi connectivity index (χ1n) is 7.10. The number of carbonyl (C=O) groups is 2.